The Labute approximate surface area is 114 Å². The number of rotatable bonds is 5. The maximum Gasteiger partial charge on any atom is 0.224 e. The van der Waals surface area contributed by atoms with Crippen molar-refractivity contribution in [1.29, 1.82) is 0 Å². The standard InChI is InChI=1S/C15H20N2O2/c1-5-15(19)16-13-10-12(7-6-11(13)2)14(18)8-9-17(3)4/h6-10H,5H2,1-4H3,(H,16,19). The van der Waals surface area contributed by atoms with Gasteiger partial charge in [0.1, 0.15) is 0 Å². The number of amides is 1. The van der Waals surface area contributed by atoms with Crippen LogP contribution in [0.4, 0.5) is 5.69 Å². The van der Waals surface area contributed by atoms with E-state index in [9.17, 15) is 9.59 Å². The molecule has 0 saturated carbocycles. The summed E-state index contributed by atoms with van der Waals surface area (Å²) in [5.74, 6) is -0.141. The van der Waals surface area contributed by atoms with Gasteiger partial charge in [-0.15, -0.1) is 0 Å². The number of nitrogens with zero attached hydrogens (tertiary/aromatic N) is 1. The lowest BCUT2D eigenvalue weighted by molar-refractivity contribution is -0.115. The number of ketones is 1. The lowest BCUT2D eigenvalue weighted by atomic mass is 10.1. The van der Waals surface area contributed by atoms with Gasteiger partial charge in [0.15, 0.2) is 5.78 Å². The fourth-order valence-electron chi connectivity index (χ4n) is 1.46. The van der Waals surface area contributed by atoms with Gasteiger partial charge >= 0.3 is 0 Å². The summed E-state index contributed by atoms with van der Waals surface area (Å²) in [5, 5.41) is 2.79. The van der Waals surface area contributed by atoms with Crippen LogP contribution in [0.25, 0.3) is 0 Å². The minimum Gasteiger partial charge on any atom is -0.383 e. The van der Waals surface area contributed by atoms with Gasteiger partial charge in [-0.1, -0.05) is 19.1 Å². The van der Waals surface area contributed by atoms with Crippen molar-refractivity contribution in [2.24, 2.45) is 0 Å². The van der Waals surface area contributed by atoms with Gasteiger partial charge in [-0.3, -0.25) is 9.59 Å². The van der Waals surface area contributed by atoms with Gasteiger partial charge in [-0.2, -0.15) is 0 Å². The van der Waals surface area contributed by atoms with E-state index < -0.39 is 0 Å². The molecule has 102 valence electrons. The summed E-state index contributed by atoms with van der Waals surface area (Å²) in [7, 11) is 3.71. The fraction of sp³-hybridized carbons (Fsp3) is 0.333. The molecule has 1 aromatic carbocycles. The summed E-state index contributed by atoms with van der Waals surface area (Å²) in [4.78, 5) is 25.2. The van der Waals surface area contributed by atoms with E-state index in [2.05, 4.69) is 5.32 Å². The molecule has 0 aliphatic rings. The molecule has 1 aromatic rings. The molecule has 0 atom stereocenters. The Morgan fingerprint density at radius 2 is 2.00 bits per heavy atom. The van der Waals surface area contributed by atoms with E-state index >= 15 is 0 Å². The highest BCUT2D eigenvalue weighted by atomic mass is 16.1. The average molecular weight is 260 g/mol. The van der Waals surface area contributed by atoms with E-state index in [1.54, 1.807) is 30.2 Å². The minimum absolute atomic E-state index is 0.0588. The van der Waals surface area contributed by atoms with Gasteiger partial charge in [0.05, 0.1) is 0 Å². The Morgan fingerprint density at radius 1 is 1.32 bits per heavy atom. The van der Waals surface area contributed by atoms with Gasteiger partial charge in [0.2, 0.25) is 5.91 Å². The van der Waals surface area contributed by atoms with Crippen LogP contribution in [0, 0.1) is 6.92 Å². The zero-order chi connectivity index (χ0) is 14.4. The summed E-state index contributed by atoms with van der Waals surface area (Å²) in [6.07, 6.45) is 3.63. The van der Waals surface area contributed by atoms with Crippen LogP contribution >= 0.6 is 0 Å². The van der Waals surface area contributed by atoms with Gasteiger partial charge in [0.25, 0.3) is 0 Å². The van der Waals surface area contributed by atoms with Crippen molar-refractivity contribution in [3.8, 4) is 0 Å². The van der Waals surface area contributed by atoms with Crippen LogP contribution in [0.2, 0.25) is 0 Å². The van der Waals surface area contributed by atoms with Gasteiger partial charge < -0.3 is 10.2 Å². The zero-order valence-electron chi connectivity index (χ0n) is 11.9. The Kier molecular flexibility index (Phi) is 5.30. The highest BCUT2D eigenvalue weighted by molar-refractivity contribution is 6.05. The van der Waals surface area contributed by atoms with Gasteiger partial charge in [-0.25, -0.2) is 0 Å². The normalized spacial score (nSPS) is 10.5. The van der Waals surface area contributed by atoms with Crippen molar-refractivity contribution in [2.75, 3.05) is 19.4 Å². The van der Waals surface area contributed by atoms with E-state index in [4.69, 9.17) is 0 Å². The number of hydrogen-bond donors (Lipinski definition) is 1. The molecule has 1 rings (SSSR count). The Morgan fingerprint density at radius 3 is 2.58 bits per heavy atom. The molecule has 0 unspecified atom stereocenters. The third-order valence-electron chi connectivity index (χ3n) is 2.64. The summed E-state index contributed by atoms with van der Waals surface area (Å²) in [6.45, 7) is 3.69. The topological polar surface area (TPSA) is 49.4 Å². The van der Waals surface area contributed by atoms with Crippen LogP contribution in [0.5, 0.6) is 0 Å². The molecule has 0 aliphatic heterocycles. The predicted octanol–water partition coefficient (Wildman–Crippen LogP) is 2.60. The van der Waals surface area contributed by atoms with E-state index in [0.29, 0.717) is 17.7 Å². The molecule has 0 heterocycles. The minimum atomic E-state index is -0.0827. The van der Waals surface area contributed by atoms with Crippen molar-refractivity contribution < 1.29 is 9.59 Å². The van der Waals surface area contributed by atoms with Crippen LogP contribution in [0.15, 0.2) is 30.5 Å². The molecule has 19 heavy (non-hydrogen) atoms. The molecule has 4 nitrogen and oxygen atoms in total. The molecule has 0 radical (unpaired) electrons. The van der Waals surface area contributed by atoms with Crippen molar-refractivity contribution >= 4 is 17.4 Å². The molecule has 1 amide bonds. The van der Waals surface area contributed by atoms with Crippen LogP contribution in [-0.4, -0.2) is 30.7 Å². The second-order valence-electron chi connectivity index (χ2n) is 4.58. The zero-order valence-corrected chi connectivity index (χ0v) is 11.9. The van der Waals surface area contributed by atoms with E-state index in [0.717, 1.165) is 5.56 Å². The van der Waals surface area contributed by atoms with E-state index in [-0.39, 0.29) is 11.7 Å². The molecule has 0 spiro atoms. The quantitative estimate of drug-likeness (QED) is 0.654. The van der Waals surface area contributed by atoms with Crippen molar-refractivity contribution in [2.45, 2.75) is 20.3 Å². The number of benzene rings is 1. The second kappa shape index (κ2) is 6.73. The van der Waals surface area contributed by atoms with Gasteiger partial charge in [0, 0.05) is 44.0 Å². The predicted molar refractivity (Wildman–Crippen MR) is 77.3 cm³/mol. The van der Waals surface area contributed by atoms with Crippen LogP contribution in [0.3, 0.4) is 0 Å². The third kappa shape index (κ3) is 4.58. The monoisotopic (exact) mass is 260 g/mol. The SMILES string of the molecule is CCC(=O)Nc1cc(C(=O)C=CN(C)C)ccc1C. The highest BCUT2D eigenvalue weighted by Crippen LogP contribution is 2.18. The first-order valence-electron chi connectivity index (χ1n) is 6.23. The molecule has 0 aliphatic carbocycles. The van der Waals surface area contributed by atoms with Gasteiger partial charge in [-0.05, 0) is 18.6 Å². The summed E-state index contributed by atoms with van der Waals surface area (Å²) in [6, 6.07) is 5.31. The summed E-state index contributed by atoms with van der Waals surface area (Å²) in [5.41, 5.74) is 2.20. The molecular formula is C15H20N2O2. The lowest BCUT2D eigenvalue weighted by Gasteiger charge is -2.09. The number of nitrogens with one attached hydrogen (secondary N) is 1. The molecule has 0 bridgehead atoms. The average Bonchev–Trinajstić information content (AvgIpc) is 2.38. The molecule has 0 fully saturated rings. The Balaban J connectivity index is 2.95. The first-order valence-corrected chi connectivity index (χ1v) is 6.23. The second-order valence-corrected chi connectivity index (χ2v) is 4.58. The Bertz CT molecular complexity index is 505. The van der Waals surface area contributed by atoms with Crippen LogP contribution < -0.4 is 5.32 Å². The number of aryl methyl sites for hydroxylation is 1. The lowest BCUT2D eigenvalue weighted by Crippen LogP contribution is -2.11. The van der Waals surface area contributed by atoms with Crippen molar-refractivity contribution in [1.82, 2.24) is 4.90 Å². The third-order valence-corrected chi connectivity index (χ3v) is 2.64. The summed E-state index contributed by atoms with van der Waals surface area (Å²) >= 11 is 0. The number of hydrogen-bond acceptors (Lipinski definition) is 3. The van der Waals surface area contributed by atoms with E-state index in [1.807, 2.05) is 27.1 Å². The number of carbonyl (C=O) groups is 2. The maximum absolute atomic E-state index is 11.9. The summed E-state index contributed by atoms with van der Waals surface area (Å²) < 4.78 is 0. The first-order chi connectivity index (χ1) is 8.93. The smallest absolute Gasteiger partial charge is 0.224 e. The highest BCUT2D eigenvalue weighted by Gasteiger charge is 2.07. The largest absolute Gasteiger partial charge is 0.383 e. The van der Waals surface area contributed by atoms with Crippen LogP contribution in [0.1, 0.15) is 29.3 Å². The molecule has 0 aromatic heterocycles. The molecule has 1 N–H and O–H groups in total. The number of anilines is 1. The number of allylic oxidation sites excluding steroid dienone is 1. The fourth-order valence-corrected chi connectivity index (χ4v) is 1.46. The molecule has 0 saturated heterocycles. The van der Waals surface area contributed by atoms with Crippen molar-refractivity contribution in [3.63, 3.8) is 0 Å². The molecule has 4 heteroatoms. The van der Waals surface area contributed by atoms with Crippen LogP contribution in [-0.2, 0) is 4.79 Å². The van der Waals surface area contributed by atoms with E-state index in [1.165, 1.54) is 6.08 Å². The molecular weight excluding hydrogens is 240 g/mol. The number of carbonyl (C=O) groups excluding carboxylic acids is 2. The maximum atomic E-state index is 11.9. The first kappa shape index (κ1) is 15.0. The Hall–Kier alpha value is -2.10. The van der Waals surface area contributed by atoms with Crippen molar-refractivity contribution in [3.05, 3.63) is 41.6 Å².